The molecule has 1 heterocycles. The number of H-pyrrole nitrogens is 1. The van der Waals surface area contributed by atoms with Crippen LogP contribution in [0.2, 0.25) is 0 Å². The van der Waals surface area contributed by atoms with E-state index < -0.39 is 10.0 Å². The fraction of sp³-hybridized carbons (Fsp3) is 0.700. The van der Waals surface area contributed by atoms with Crippen molar-refractivity contribution in [3.63, 3.8) is 0 Å². The summed E-state index contributed by atoms with van der Waals surface area (Å²) in [6.07, 6.45) is 5.16. The standard InChI is InChI=1S/C10H17N3O2S/c1-3-10(5-4-6-10)13-16(14,15)9-7-11-12-8(9)2/h7,13H,3-6H2,1-2H3,(H,11,12). The Morgan fingerprint density at radius 1 is 1.56 bits per heavy atom. The second kappa shape index (κ2) is 3.85. The molecule has 0 aromatic carbocycles. The Morgan fingerprint density at radius 3 is 2.62 bits per heavy atom. The monoisotopic (exact) mass is 243 g/mol. The van der Waals surface area contributed by atoms with Gasteiger partial charge in [0, 0.05) is 5.54 Å². The number of aromatic nitrogens is 2. The third kappa shape index (κ3) is 1.87. The normalized spacial score (nSPS) is 19.4. The zero-order valence-electron chi connectivity index (χ0n) is 9.58. The molecule has 0 saturated heterocycles. The Balaban J connectivity index is 2.24. The minimum absolute atomic E-state index is 0.220. The number of hydrogen-bond acceptors (Lipinski definition) is 3. The summed E-state index contributed by atoms with van der Waals surface area (Å²) < 4.78 is 27.0. The number of aryl methyl sites for hydroxylation is 1. The number of rotatable bonds is 4. The van der Waals surface area contributed by atoms with Crippen molar-refractivity contribution in [3.8, 4) is 0 Å². The van der Waals surface area contributed by atoms with E-state index in [0.717, 1.165) is 25.7 Å². The molecule has 0 spiro atoms. The van der Waals surface area contributed by atoms with Gasteiger partial charge in [-0.2, -0.15) is 5.10 Å². The summed E-state index contributed by atoms with van der Waals surface area (Å²) in [4.78, 5) is 0.257. The molecule has 1 saturated carbocycles. The fourth-order valence-corrected chi connectivity index (χ4v) is 3.75. The molecule has 1 aromatic heterocycles. The molecule has 16 heavy (non-hydrogen) atoms. The van der Waals surface area contributed by atoms with E-state index in [-0.39, 0.29) is 10.4 Å². The summed E-state index contributed by atoms with van der Waals surface area (Å²) in [5.74, 6) is 0. The number of nitrogens with one attached hydrogen (secondary N) is 2. The predicted molar refractivity (Wildman–Crippen MR) is 60.5 cm³/mol. The second-order valence-electron chi connectivity index (χ2n) is 4.45. The third-order valence-electron chi connectivity index (χ3n) is 3.41. The van der Waals surface area contributed by atoms with Crippen LogP contribution in [0.3, 0.4) is 0 Å². The topological polar surface area (TPSA) is 74.8 Å². The van der Waals surface area contributed by atoms with Crippen LogP contribution in [0.4, 0.5) is 0 Å². The zero-order valence-corrected chi connectivity index (χ0v) is 10.4. The summed E-state index contributed by atoms with van der Waals surface area (Å²) in [7, 11) is -3.42. The van der Waals surface area contributed by atoms with Crippen LogP contribution in [0.1, 0.15) is 38.3 Å². The molecule has 1 fully saturated rings. The summed E-state index contributed by atoms with van der Waals surface area (Å²) in [5.41, 5.74) is 0.362. The highest BCUT2D eigenvalue weighted by Gasteiger charge is 2.39. The van der Waals surface area contributed by atoms with Gasteiger partial charge in [0.1, 0.15) is 4.90 Å². The predicted octanol–water partition coefficient (Wildman–Crippen LogP) is 1.33. The van der Waals surface area contributed by atoms with E-state index in [1.807, 2.05) is 6.92 Å². The molecule has 0 amide bonds. The average Bonchev–Trinajstić information content (AvgIpc) is 2.59. The molecule has 1 aliphatic rings. The Kier molecular flexibility index (Phi) is 2.79. The van der Waals surface area contributed by atoms with Crippen molar-refractivity contribution in [2.24, 2.45) is 0 Å². The number of aromatic amines is 1. The average molecular weight is 243 g/mol. The van der Waals surface area contributed by atoms with Crippen LogP contribution in [0.25, 0.3) is 0 Å². The molecule has 6 heteroatoms. The van der Waals surface area contributed by atoms with Crippen LogP contribution in [0, 0.1) is 6.92 Å². The fourth-order valence-electron chi connectivity index (χ4n) is 2.08. The number of hydrogen-bond donors (Lipinski definition) is 2. The van der Waals surface area contributed by atoms with Gasteiger partial charge in [0.2, 0.25) is 10.0 Å². The van der Waals surface area contributed by atoms with Crippen molar-refractivity contribution in [3.05, 3.63) is 11.9 Å². The minimum Gasteiger partial charge on any atom is -0.281 e. The highest BCUT2D eigenvalue weighted by Crippen LogP contribution is 2.36. The van der Waals surface area contributed by atoms with E-state index in [1.54, 1.807) is 6.92 Å². The van der Waals surface area contributed by atoms with E-state index in [0.29, 0.717) is 5.69 Å². The molecule has 0 atom stereocenters. The van der Waals surface area contributed by atoms with Crippen molar-refractivity contribution >= 4 is 10.0 Å². The van der Waals surface area contributed by atoms with Crippen molar-refractivity contribution in [1.82, 2.24) is 14.9 Å². The highest BCUT2D eigenvalue weighted by atomic mass is 32.2. The van der Waals surface area contributed by atoms with Gasteiger partial charge in [-0.3, -0.25) is 5.10 Å². The van der Waals surface area contributed by atoms with E-state index in [9.17, 15) is 8.42 Å². The third-order valence-corrected chi connectivity index (χ3v) is 5.10. The van der Waals surface area contributed by atoms with Crippen LogP contribution in [0.5, 0.6) is 0 Å². The first-order valence-corrected chi connectivity index (χ1v) is 7.01. The van der Waals surface area contributed by atoms with Gasteiger partial charge >= 0.3 is 0 Å². The van der Waals surface area contributed by atoms with E-state index in [1.165, 1.54) is 6.20 Å². The van der Waals surface area contributed by atoms with Crippen LogP contribution in [-0.4, -0.2) is 24.2 Å². The Labute approximate surface area is 95.7 Å². The van der Waals surface area contributed by atoms with Gasteiger partial charge < -0.3 is 0 Å². The lowest BCUT2D eigenvalue weighted by atomic mass is 9.76. The summed E-state index contributed by atoms with van der Waals surface area (Å²) in [6, 6.07) is 0. The molecule has 1 aromatic rings. The van der Waals surface area contributed by atoms with Crippen molar-refractivity contribution in [1.29, 1.82) is 0 Å². The SMILES string of the molecule is CCC1(NS(=O)(=O)c2cn[nH]c2C)CCC1. The molecule has 90 valence electrons. The Morgan fingerprint density at radius 2 is 2.25 bits per heavy atom. The van der Waals surface area contributed by atoms with Crippen LogP contribution >= 0.6 is 0 Å². The van der Waals surface area contributed by atoms with E-state index in [4.69, 9.17) is 0 Å². The van der Waals surface area contributed by atoms with E-state index >= 15 is 0 Å². The molecule has 2 rings (SSSR count). The summed E-state index contributed by atoms with van der Waals surface area (Å²) >= 11 is 0. The van der Waals surface area contributed by atoms with Gasteiger partial charge in [-0.05, 0) is 32.6 Å². The summed E-state index contributed by atoms with van der Waals surface area (Å²) in [5, 5.41) is 6.39. The van der Waals surface area contributed by atoms with Gasteiger partial charge in [0.25, 0.3) is 0 Å². The maximum absolute atomic E-state index is 12.1. The van der Waals surface area contributed by atoms with E-state index in [2.05, 4.69) is 14.9 Å². The second-order valence-corrected chi connectivity index (χ2v) is 6.10. The minimum atomic E-state index is -3.42. The maximum Gasteiger partial charge on any atom is 0.244 e. The van der Waals surface area contributed by atoms with Gasteiger partial charge in [-0.25, -0.2) is 13.1 Å². The molecular weight excluding hydrogens is 226 g/mol. The largest absolute Gasteiger partial charge is 0.281 e. The molecular formula is C10H17N3O2S. The first-order chi connectivity index (χ1) is 7.49. The lowest BCUT2D eigenvalue weighted by molar-refractivity contribution is 0.214. The van der Waals surface area contributed by atoms with Crippen molar-refractivity contribution in [2.75, 3.05) is 0 Å². The number of sulfonamides is 1. The van der Waals surface area contributed by atoms with Crippen molar-refractivity contribution in [2.45, 2.75) is 50.0 Å². The lowest BCUT2D eigenvalue weighted by Crippen LogP contribution is -2.52. The Bertz CT molecular complexity index is 468. The molecule has 0 bridgehead atoms. The quantitative estimate of drug-likeness (QED) is 0.837. The maximum atomic E-state index is 12.1. The molecule has 1 aliphatic carbocycles. The molecule has 0 radical (unpaired) electrons. The summed E-state index contributed by atoms with van der Waals surface area (Å²) in [6.45, 7) is 3.73. The lowest BCUT2D eigenvalue weighted by Gasteiger charge is -2.41. The Hall–Kier alpha value is -0.880. The molecule has 2 N–H and O–H groups in total. The van der Waals surface area contributed by atoms with Gasteiger partial charge in [0.15, 0.2) is 0 Å². The zero-order chi connectivity index (χ0) is 11.8. The van der Waals surface area contributed by atoms with Crippen molar-refractivity contribution < 1.29 is 8.42 Å². The molecule has 0 aliphatic heterocycles. The van der Waals surface area contributed by atoms with Gasteiger partial charge in [-0.1, -0.05) is 6.92 Å². The highest BCUT2D eigenvalue weighted by molar-refractivity contribution is 7.89. The first kappa shape index (κ1) is 11.6. The first-order valence-electron chi connectivity index (χ1n) is 5.53. The van der Waals surface area contributed by atoms with Crippen LogP contribution < -0.4 is 4.72 Å². The van der Waals surface area contributed by atoms with Crippen LogP contribution in [-0.2, 0) is 10.0 Å². The van der Waals surface area contributed by atoms with Gasteiger partial charge in [-0.15, -0.1) is 0 Å². The molecule has 5 nitrogen and oxygen atoms in total. The smallest absolute Gasteiger partial charge is 0.244 e. The number of nitrogens with zero attached hydrogens (tertiary/aromatic N) is 1. The van der Waals surface area contributed by atoms with Gasteiger partial charge in [0.05, 0.1) is 11.9 Å². The molecule has 0 unspecified atom stereocenters. The van der Waals surface area contributed by atoms with Crippen LogP contribution in [0.15, 0.2) is 11.1 Å².